The van der Waals surface area contributed by atoms with Crippen LogP contribution in [0.15, 0.2) is 12.1 Å². The fourth-order valence-electron chi connectivity index (χ4n) is 1.42. The number of fused-ring (bicyclic) bond motifs is 1. The summed E-state index contributed by atoms with van der Waals surface area (Å²) in [5, 5.41) is 3.77. The van der Waals surface area contributed by atoms with E-state index in [1.807, 2.05) is 0 Å². The van der Waals surface area contributed by atoms with Gasteiger partial charge < -0.3 is 5.32 Å². The third kappa shape index (κ3) is 1.72. The van der Waals surface area contributed by atoms with Gasteiger partial charge in [0.1, 0.15) is 11.6 Å². The number of aromatic nitrogens is 2. The third-order valence-corrected chi connectivity index (χ3v) is 2.35. The van der Waals surface area contributed by atoms with E-state index in [1.165, 1.54) is 6.07 Å². The molecule has 1 aromatic heterocycles. The average Bonchev–Trinajstić information content (AvgIpc) is 2.19. The smallest absolute Gasteiger partial charge is 0.224 e. The lowest BCUT2D eigenvalue weighted by Crippen LogP contribution is -1.97. The van der Waals surface area contributed by atoms with Crippen LogP contribution in [0.3, 0.4) is 0 Å². The van der Waals surface area contributed by atoms with Crippen LogP contribution in [-0.4, -0.2) is 17.0 Å². The topological polar surface area (TPSA) is 37.8 Å². The van der Waals surface area contributed by atoms with Gasteiger partial charge in [-0.15, -0.1) is 0 Å². The molecular formula is C10H9ClFN3. The van der Waals surface area contributed by atoms with Crippen molar-refractivity contribution in [3.8, 4) is 0 Å². The molecule has 0 saturated heterocycles. The zero-order valence-corrected chi connectivity index (χ0v) is 9.06. The molecule has 5 heteroatoms. The quantitative estimate of drug-likeness (QED) is 0.759. The van der Waals surface area contributed by atoms with Gasteiger partial charge in [-0.05, 0) is 30.2 Å². The molecule has 0 aliphatic rings. The van der Waals surface area contributed by atoms with Gasteiger partial charge in [-0.1, -0.05) is 0 Å². The van der Waals surface area contributed by atoms with Gasteiger partial charge in [0.25, 0.3) is 0 Å². The van der Waals surface area contributed by atoms with Gasteiger partial charge in [-0.25, -0.2) is 14.4 Å². The molecule has 0 amide bonds. The number of rotatable bonds is 1. The van der Waals surface area contributed by atoms with Crippen molar-refractivity contribution in [1.82, 2.24) is 9.97 Å². The Morgan fingerprint density at radius 3 is 2.73 bits per heavy atom. The molecule has 0 saturated carbocycles. The molecule has 1 N–H and O–H groups in total. The van der Waals surface area contributed by atoms with Gasteiger partial charge in [0.05, 0.1) is 5.52 Å². The molecule has 1 aromatic carbocycles. The molecule has 0 radical (unpaired) electrons. The molecule has 0 unspecified atom stereocenters. The van der Waals surface area contributed by atoms with E-state index in [0.29, 0.717) is 16.9 Å². The zero-order chi connectivity index (χ0) is 11.0. The third-order valence-electron chi connectivity index (χ3n) is 2.19. The van der Waals surface area contributed by atoms with Crippen molar-refractivity contribution in [2.75, 3.05) is 12.4 Å². The summed E-state index contributed by atoms with van der Waals surface area (Å²) in [4.78, 5) is 7.97. The fourth-order valence-corrected chi connectivity index (χ4v) is 1.60. The van der Waals surface area contributed by atoms with Crippen LogP contribution in [0.25, 0.3) is 10.9 Å². The molecular weight excluding hydrogens is 217 g/mol. The molecule has 15 heavy (non-hydrogen) atoms. The molecule has 78 valence electrons. The predicted octanol–water partition coefficient (Wildman–Crippen LogP) is 2.77. The first-order valence-corrected chi connectivity index (χ1v) is 4.81. The molecule has 0 atom stereocenters. The minimum atomic E-state index is -0.292. The number of hydrogen-bond donors (Lipinski definition) is 1. The number of hydrogen-bond acceptors (Lipinski definition) is 3. The summed E-state index contributed by atoms with van der Waals surface area (Å²) in [5.41, 5.74) is 1.06. The second-order valence-electron chi connectivity index (χ2n) is 3.21. The minimum Gasteiger partial charge on any atom is -0.372 e. The van der Waals surface area contributed by atoms with Crippen molar-refractivity contribution in [3.05, 3.63) is 28.8 Å². The van der Waals surface area contributed by atoms with E-state index >= 15 is 0 Å². The lowest BCUT2D eigenvalue weighted by molar-refractivity contribution is 0.620. The molecule has 2 aromatic rings. The monoisotopic (exact) mass is 225 g/mol. The fraction of sp³-hybridized carbons (Fsp3) is 0.200. The van der Waals surface area contributed by atoms with E-state index in [2.05, 4.69) is 15.3 Å². The van der Waals surface area contributed by atoms with E-state index in [-0.39, 0.29) is 11.1 Å². The first-order chi connectivity index (χ1) is 7.11. The highest BCUT2D eigenvalue weighted by Crippen LogP contribution is 2.24. The number of halogens is 2. The number of aryl methyl sites for hydroxylation is 1. The first-order valence-electron chi connectivity index (χ1n) is 4.43. The number of anilines is 1. The van der Waals surface area contributed by atoms with Crippen molar-refractivity contribution in [2.24, 2.45) is 0 Å². The summed E-state index contributed by atoms with van der Waals surface area (Å²) >= 11 is 5.71. The lowest BCUT2D eigenvalue weighted by atomic mass is 10.1. The summed E-state index contributed by atoms with van der Waals surface area (Å²) in [6.45, 7) is 1.70. The van der Waals surface area contributed by atoms with Crippen LogP contribution in [0, 0.1) is 12.7 Å². The Morgan fingerprint density at radius 1 is 1.33 bits per heavy atom. The maximum absolute atomic E-state index is 13.3. The number of nitrogens with one attached hydrogen (secondary N) is 1. The van der Waals surface area contributed by atoms with Crippen molar-refractivity contribution >= 4 is 28.3 Å². The highest BCUT2D eigenvalue weighted by atomic mass is 35.5. The average molecular weight is 226 g/mol. The number of nitrogens with zero attached hydrogens (tertiary/aromatic N) is 2. The van der Waals surface area contributed by atoms with Gasteiger partial charge in [0.2, 0.25) is 5.28 Å². The van der Waals surface area contributed by atoms with E-state index < -0.39 is 0 Å². The van der Waals surface area contributed by atoms with Crippen LogP contribution in [0.5, 0.6) is 0 Å². The molecule has 2 rings (SSSR count). The molecule has 0 bridgehead atoms. The highest BCUT2D eigenvalue weighted by Gasteiger charge is 2.08. The van der Waals surface area contributed by atoms with Crippen molar-refractivity contribution in [1.29, 1.82) is 0 Å². The summed E-state index contributed by atoms with van der Waals surface area (Å²) < 4.78 is 13.3. The molecule has 3 nitrogen and oxygen atoms in total. The normalized spacial score (nSPS) is 10.7. The summed E-state index contributed by atoms with van der Waals surface area (Å²) in [5.74, 6) is 0.312. The Kier molecular flexibility index (Phi) is 2.44. The van der Waals surface area contributed by atoms with Crippen LogP contribution in [-0.2, 0) is 0 Å². The second-order valence-corrected chi connectivity index (χ2v) is 3.55. The number of benzene rings is 1. The van der Waals surface area contributed by atoms with Gasteiger partial charge in [-0.2, -0.15) is 0 Å². The van der Waals surface area contributed by atoms with Gasteiger partial charge >= 0.3 is 0 Å². The van der Waals surface area contributed by atoms with Crippen molar-refractivity contribution in [2.45, 2.75) is 6.92 Å². The highest BCUT2D eigenvalue weighted by molar-refractivity contribution is 6.28. The van der Waals surface area contributed by atoms with Crippen molar-refractivity contribution < 1.29 is 4.39 Å². The maximum atomic E-state index is 13.3. The van der Waals surface area contributed by atoms with E-state index in [4.69, 9.17) is 11.6 Å². The zero-order valence-electron chi connectivity index (χ0n) is 8.31. The summed E-state index contributed by atoms with van der Waals surface area (Å²) in [6, 6.07) is 3.06. The summed E-state index contributed by atoms with van der Waals surface area (Å²) in [6.07, 6.45) is 0. The first kappa shape index (κ1) is 10.1. The van der Waals surface area contributed by atoms with Crippen LogP contribution in [0.4, 0.5) is 10.2 Å². The molecule has 1 heterocycles. The van der Waals surface area contributed by atoms with E-state index in [1.54, 1.807) is 20.0 Å². The van der Waals surface area contributed by atoms with Crippen molar-refractivity contribution in [3.63, 3.8) is 0 Å². The molecule has 0 aliphatic carbocycles. The molecule has 0 aliphatic heterocycles. The van der Waals surface area contributed by atoms with E-state index in [0.717, 1.165) is 5.39 Å². The van der Waals surface area contributed by atoms with Gasteiger partial charge in [0.15, 0.2) is 0 Å². The van der Waals surface area contributed by atoms with Gasteiger partial charge in [0, 0.05) is 18.5 Å². The van der Waals surface area contributed by atoms with Crippen LogP contribution in [0.1, 0.15) is 5.56 Å². The Morgan fingerprint density at radius 2 is 2.07 bits per heavy atom. The Bertz CT molecular complexity index is 528. The Balaban J connectivity index is 2.84. The summed E-state index contributed by atoms with van der Waals surface area (Å²) in [7, 11) is 1.73. The molecule has 0 fully saturated rings. The largest absolute Gasteiger partial charge is 0.372 e. The molecule has 0 spiro atoms. The van der Waals surface area contributed by atoms with Crippen LogP contribution >= 0.6 is 11.6 Å². The second kappa shape index (κ2) is 3.62. The SMILES string of the molecule is CNc1nc(Cl)nc2cc(F)c(C)cc12. The minimum absolute atomic E-state index is 0.107. The predicted molar refractivity (Wildman–Crippen MR) is 58.8 cm³/mol. The van der Waals surface area contributed by atoms with Crippen LogP contribution in [0.2, 0.25) is 5.28 Å². The standard InChI is InChI=1S/C10H9ClFN3/c1-5-3-6-8(4-7(5)12)14-10(11)15-9(6)13-2/h3-4H,1-2H3,(H,13,14,15). The van der Waals surface area contributed by atoms with Gasteiger partial charge in [-0.3, -0.25) is 0 Å². The maximum Gasteiger partial charge on any atom is 0.224 e. The van der Waals surface area contributed by atoms with E-state index in [9.17, 15) is 4.39 Å². The Labute approximate surface area is 91.3 Å². The van der Waals surface area contributed by atoms with Crippen LogP contribution < -0.4 is 5.32 Å². The lowest BCUT2D eigenvalue weighted by Gasteiger charge is -2.06. The Hall–Kier alpha value is -1.42.